The summed E-state index contributed by atoms with van der Waals surface area (Å²) in [6, 6.07) is 13.6. The van der Waals surface area contributed by atoms with E-state index in [1.165, 1.54) is 38.5 Å². The number of hydrazone groups is 1. The molecule has 1 unspecified atom stereocenters. The number of hydrogen-bond donors (Lipinski definition) is 1. The van der Waals surface area contributed by atoms with E-state index in [1.54, 1.807) is 12.1 Å². The molecule has 4 rings (SSSR count). The minimum absolute atomic E-state index is 0.0765. The first-order valence-electron chi connectivity index (χ1n) is 10.9. The van der Waals surface area contributed by atoms with Crippen molar-refractivity contribution in [1.82, 2.24) is 5.32 Å². The highest BCUT2D eigenvalue weighted by atomic mass is 127. The zero-order valence-corrected chi connectivity index (χ0v) is 21.0. The lowest BCUT2D eigenvalue weighted by molar-refractivity contribution is -0.115. The summed E-state index contributed by atoms with van der Waals surface area (Å²) in [6.07, 6.45) is 8.08. The van der Waals surface area contributed by atoms with Gasteiger partial charge in [-0.25, -0.2) is 0 Å². The van der Waals surface area contributed by atoms with Gasteiger partial charge in [0.25, 0.3) is 5.91 Å². The lowest BCUT2D eigenvalue weighted by Gasteiger charge is -2.25. The molecule has 2 aromatic rings. The number of rotatable bonds is 5. The maximum Gasteiger partial charge on any atom is 0.267 e. The number of anilines is 1. The summed E-state index contributed by atoms with van der Waals surface area (Å²) in [6.45, 7) is 0.730. The van der Waals surface area contributed by atoms with Gasteiger partial charge in [0.05, 0.1) is 16.8 Å². The summed E-state index contributed by atoms with van der Waals surface area (Å²) in [5.74, 6) is 0.495. The van der Waals surface area contributed by atoms with Gasteiger partial charge in [0, 0.05) is 21.6 Å². The number of hydrogen-bond acceptors (Lipinski definition) is 3. The molecule has 1 aliphatic heterocycles. The standard InChI is InChI=1S/C24H26Cl2IN3O/c25-18-9-12-22(20(26)13-18)30-23(17-7-10-19(27)11-8-17)14-21(29-30)24(31)28-15-16-5-3-1-2-4-6-16/h7-13,16,23H,1-6,14-15H2,(H,28,31). The van der Waals surface area contributed by atoms with Gasteiger partial charge in [0.15, 0.2) is 0 Å². The molecule has 1 atom stereocenters. The van der Waals surface area contributed by atoms with Crippen molar-refractivity contribution in [3.05, 3.63) is 61.6 Å². The Kier molecular flexibility index (Phi) is 7.77. The second-order valence-electron chi connectivity index (χ2n) is 8.33. The molecule has 1 N–H and O–H groups in total. The molecule has 1 amide bonds. The summed E-state index contributed by atoms with van der Waals surface area (Å²) in [4.78, 5) is 13.0. The van der Waals surface area contributed by atoms with Gasteiger partial charge in [0.2, 0.25) is 0 Å². The van der Waals surface area contributed by atoms with Crippen LogP contribution in [0, 0.1) is 9.49 Å². The third-order valence-corrected chi connectivity index (χ3v) is 7.37. The van der Waals surface area contributed by atoms with Gasteiger partial charge in [-0.15, -0.1) is 0 Å². The van der Waals surface area contributed by atoms with E-state index in [4.69, 9.17) is 28.3 Å². The fourth-order valence-corrected chi connectivity index (χ4v) is 5.24. The van der Waals surface area contributed by atoms with Gasteiger partial charge in [-0.3, -0.25) is 9.80 Å². The molecule has 1 fully saturated rings. The summed E-state index contributed by atoms with van der Waals surface area (Å²) in [7, 11) is 0. The van der Waals surface area contributed by atoms with Crippen LogP contribution in [0.25, 0.3) is 0 Å². The highest BCUT2D eigenvalue weighted by molar-refractivity contribution is 14.1. The Morgan fingerprint density at radius 1 is 1.06 bits per heavy atom. The van der Waals surface area contributed by atoms with E-state index in [1.807, 2.05) is 11.1 Å². The number of carbonyl (C=O) groups excluding carboxylic acids is 1. The molecule has 1 saturated carbocycles. The van der Waals surface area contributed by atoms with Crippen molar-refractivity contribution in [1.29, 1.82) is 0 Å². The van der Waals surface area contributed by atoms with Crippen LogP contribution in [-0.2, 0) is 4.79 Å². The maximum atomic E-state index is 13.0. The molecule has 2 aliphatic rings. The van der Waals surface area contributed by atoms with Gasteiger partial charge in [0.1, 0.15) is 5.71 Å². The van der Waals surface area contributed by atoms with Crippen LogP contribution in [0.4, 0.5) is 5.69 Å². The first-order valence-corrected chi connectivity index (χ1v) is 12.7. The van der Waals surface area contributed by atoms with Gasteiger partial charge < -0.3 is 5.32 Å². The molecule has 0 saturated heterocycles. The zero-order chi connectivity index (χ0) is 21.8. The predicted octanol–water partition coefficient (Wildman–Crippen LogP) is 6.99. The second-order valence-corrected chi connectivity index (χ2v) is 10.4. The van der Waals surface area contributed by atoms with Crippen molar-refractivity contribution in [3.63, 3.8) is 0 Å². The van der Waals surface area contributed by atoms with Crippen LogP contribution in [0.3, 0.4) is 0 Å². The first-order chi connectivity index (χ1) is 15.0. The minimum Gasteiger partial charge on any atom is -0.351 e. The molecule has 0 bridgehead atoms. The summed E-state index contributed by atoms with van der Waals surface area (Å²) in [5, 5.41) is 10.8. The Balaban J connectivity index is 1.54. The zero-order valence-electron chi connectivity index (χ0n) is 17.3. The SMILES string of the molecule is O=C(NCC1CCCCCC1)C1=NN(c2ccc(Cl)cc2Cl)C(c2ccc(I)cc2)C1. The molecule has 1 heterocycles. The average Bonchev–Trinajstić information content (AvgIpc) is 3.02. The van der Waals surface area contributed by atoms with Gasteiger partial charge in [-0.2, -0.15) is 5.10 Å². The Morgan fingerprint density at radius 2 is 1.77 bits per heavy atom. The van der Waals surface area contributed by atoms with Crippen LogP contribution in [-0.4, -0.2) is 18.2 Å². The van der Waals surface area contributed by atoms with E-state index < -0.39 is 0 Å². The summed E-state index contributed by atoms with van der Waals surface area (Å²) < 4.78 is 1.16. The largest absolute Gasteiger partial charge is 0.351 e. The monoisotopic (exact) mass is 569 g/mol. The third-order valence-electron chi connectivity index (χ3n) is 6.11. The molecule has 2 aromatic carbocycles. The fraction of sp³-hybridized carbons (Fsp3) is 0.417. The fourth-order valence-electron chi connectivity index (χ4n) is 4.39. The molecule has 0 spiro atoms. The van der Waals surface area contributed by atoms with Crippen molar-refractivity contribution in [2.45, 2.75) is 51.0 Å². The molecule has 0 radical (unpaired) electrons. The Morgan fingerprint density at radius 3 is 2.45 bits per heavy atom. The highest BCUT2D eigenvalue weighted by Crippen LogP contribution is 2.39. The van der Waals surface area contributed by atoms with E-state index in [-0.39, 0.29) is 11.9 Å². The number of amides is 1. The lowest BCUT2D eigenvalue weighted by Crippen LogP contribution is -2.34. The van der Waals surface area contributed by atoms with Crippen LogP contribution in [0.1, 0.15) is 56.6 Å². The summed E-state index contributed by atoms with van der Waals surface area (Å²) >= 11 is 14.9. The maximum absolute atomic E-state index is 13.0. The molecule has 1 aliphatic carbocycles. The number of benzene rings is 2. The van der Waals surface area contributed by atoms with E-state index >= 15 is 0 Å². The highest BCUT2D eigenvalue weighted by Gasteiger charge is 2.33. The normalized spacial score (nSPS) is 19.8. The van der Waals surface area contributed by atoms with E-state index in [2.05, 4.69) is 52.2 Å². The van der Waals surface area contributed by atoms with Crippen LogP contribution in [0.2, 0.25) is 10.0 Å². The Hall–Kier alpha value is -1.31. The molecular weight excluding hydrogens is 544 g/mol. The van der Waals surface area contributed by atoms with Crippen LogP contribution in [0.5, 0.6) is 0 Å². The smallest absolute Gasteiger partial charge is 0.267 e. The third kappa shape index (κ3) is 5.74. The Labute approximate surface area is 207 Å². The quantitative estimate of drug-likeness (QED) is 0.311. The molecule has 164 valence electrons. The molecule has 0 aromatic heterocycles. The van der Waals surface area contributed by atoms with Crippen LogP contribution in [0.15, 0.2) is 47.6 Å². The molecule has 4 nitrogen and oxygen atoms in total. The summed E-state index contributed by atoms with van der Waals surface area (Å²) in [5.41, 5.74) is 2.39. The van der Waals surface area contributed by atoms with E-state index in [0.29, 0.717) is 28.1 Å². The average molecular weight is 570 g/mol. The molecule has 31 heavy (non-hydrogen) atoms. The number of halogens is 3. The number of nitrogens with zero attached hydrogens (tertiary/aromatic N) is 2. The van der Waals surface area contributed by atoms with E-state index in [0.717, 1.165) is 21.4 Å². The molecule has 7 heteroatoms. The predicted molar refractivity (Wildman–Crippen MR) is 137 cm³/mol. The minimum atomic E-state index is -0.0886. The van der Waals surface area contributed by atoms with Crippen molar-refractivity contribution >= 4 is 63.1 Å². The van der Waals surface area contributed by atoms with Gasteiger partial charge >= 0.3 is 0 Å². The van der Waals surface area contributed by atoms with E-state index in [9.17, 15) is 4.79 Å². The van der Waals surface area contributed by atoms with Gasteiger partial charge in [-0.05, 0) is 77.2 Å². The van der Waals surface area contributed by atoms with Crippen molar-refractivity contribution in [3.8, 4) is 0 Å². The van der Waals surface area contributed by atoms with Crippen molar-refractivity contribution in [2.75, 3.05) is 11.6 Å². The van der Waals surface area contributed by atoms with Crippen LogP contribution < -0.4 is 10.3 Å². The first kappa shape index (κ1) is 22.9. The number of carbonyl (C=O) groups is 1. The molecular formula is C24H26Cl2IN3O. The lowest BCUT2D eigenvalue weighted by atomic mass is 9.99. The topological polar surface area (TPSA) is 44.7 Å². The van der Waals surface area contributed by atoms with Crippen molar-refractivity contribution in [2.24, 2.45) is 11.0 Å². The number of nitrogens with one attached hydrogen (secondary N) is 1. The Bertz CT molecular complexity index is 956. The van der Waals surface area contributed by atoms with Crippen molar-refractivity contribution < 1.29 is 4.79 Å². The second kappa shape index (κ2) is 10.5. The van der Waals surface area contributed by atoms with Gasteiger partial charge in [-0.1, -0.05) is 61.0 Å². The van der Waals surface area contributed by atoms with Crippen LogP contribution >= 0.6 is 45.8 Å².